The molecule has 0 atom stereocenters. The van der Waals surface area contributed by atoms with Gasteiger partial charge < -0.3 is 20.6 Å². The first-order valence-electron chi connectivity index (χ1n) is 17.6. The second-order valence-electron chi connectivity index (χ2n) is 14.2. The van der Waals surface area contributed by atoms with E-state index in [2.05, 4.69) is 61.2 Å². The first-order valence-corrected chi connectivity index (χ1v) is 17.6. The van der Waals surface area contributed by atoms with Crippen LogP contribution in [0.25, 0.3) is 16.9 Å². The Morgan fingerprint density at radius 2 is 1.67 bits per heavy atom. The molecular formula is C37H49N9O2. The largest absolute Gasteiger partial charge is 0.384 e. The number of anilines is 3. The van der Waals surface area contributed by atoms with E-state index in [1.807, 2.05) is 6.07 Å². The molecule has 3 N–H and O–H groups in total. The second-order valence-corrected chi connectivity index (χ2v) is 14.2. The van der Waals surface area contributed by atoms with Crippen LogP contribution in [0.4, 0.5) is 17.3 Å². The molecule has 5 heterocycles. The summed E-state index contributed by atoms with van der Waals surface area (Å²) in [4.78, 5) is 32.5. The summed E-state index contributed by atoms with van der Waals surface area (Å²) >= 11 is 0. The number of aliphatic hydroxyl groups is 1. The van der Waals surface area contributed by atoms with Gasteiger partial charge in [-0.2, -0.15) is 4.98 Å². The van der Waals surface area contributed by atoms with Crippen LogP contribution < -0.4 is 21.1 Å². The number of hydrogen-bond acceptors (Lipinski definition) is 9. The van der Waals surface area contributed by atoms with Crippen molar-refractivity contribution in [3.05, 3.63) is 77.4 Å². The molecule has 0 amide bonds. The Morgan fingerprint density at radius 3 is 2.35 bits per heavy atom. The monoisotopic (exact) mass is 651 g/mol. The van der Waals surface area contributed by atoms with Crippen molar-refractivity contribution in [3.8, 4) is 5.82 Å². The van der Waals surface area contributed by atoms with Gasteiger partial charge in [0.25, 0.3) is 5.56 Å². The fourth-order valence-electron chi connectivity index (χ4n) is 7.97. The van der Waals surface area contributed by atoms with Crippen molar-refractivity contribution in [3.63, 3.8) is 0 Å². The highest BCUT2D eigenvalue weighted by atomic mass is 16.3. The number of nitrogens with one attached hydrogen (secondary N) is 2. The van der Waals surface area contributed by atoms with Crippen molar-refractivity contribution >= 4 is 28.4 Å². The second kappa shape index (κ2) is 13.8. The van der Waals surface area contributed by atoms with Gasteiger partial charge in [-0.25, -0.2) is 19.3 Å². The van der Waals surface area contributed by atoms with Crippen LogP contribution in [0.1, 0.15) is 58.1 Å². The maximum Gasteiger partial charge on any atom is 0.278 e. The number of nitrogens with zero attached hydrogens (tertiary/aromatic N) is 7. The number of benzene rings is 1. The maximum absolute atomic E-state index is 13.3. The zero-order valence-corrected chi connectivity index (χ0v) is 28.3. The quantitative estimate of drug-likeness (QED) is 0.219. The van der Waals surface area contributed by atoms with Gasteiger partial charge in [0.2, 0.25) is 5.95 Å². The summed E-state index contributed by atoms with van der Waals surface area (Å²) < 4.78 is 3.20. The molecule has 0 bridgehead atoms. The standard InChI is InChI=1S/C37H49N9O2/c1-4-20-45-35(47)31-25-39-36(42-34(31)46(45)33-7-5-6-32(41-33)37(2,3)48)40-28-10-14-30(15-11-28)44-23-21-43(22-24-44)29-12-8-26(9-13-29)27-16-18-38-19-17-27/h4-7,10-11,14-15,25-27,29,38,48H,1,8-9,12-13,16-24H2,2-3H3,(H,39,40,42). The summed E-state index contributed by atoms with van der Waals surface area (Å²) in [5.41, 5.74) is 1.62. The van der Waals surface area contributed by atoms with Gasteiger partial charge >= 0.3 is 0 Å². The third-order valence-corrected chi connectivity index (χ3v) is 10.7. The van der Waals surface area contributed by atoms with E-state index in [9.17, 15) is 9.90 Å². The maximum atomic E-state index is 13.3. The molecule has 0 spiro atoms. The Morgan fingerprint density at radius 1 is 0.958 bits per heavy atom. The summed E-state index contributed by atoms with van der Waals surface area (Å²) in [5.74, 6) is 2.74. The third-order valence-electron chi connectivity index (χ3n) is 10.7. The highest BCUT2D eigenvalue weighted by molar-refractivity contribution is 5.77. The predicted molar refractivity (Wildman–Crippen MR) is 191 cm³/mol. The van der Waals surface area contributed by atoms with Crippen molar-refractivity contribution in [2.45, 2.75) is 70.6 Å². The van der Waals surface area contributed by atoms with E-state index >= 15 is 0 Å². The van der Waals surface area contributed by atoms with Crippen molar-refractivity contribution in [1.29, 1.82) is 0 Å². The average molecular weight is 652 g/mol. The molecule has 3 fully saturated rings. The molecule has 48 heavy (non-hydrogen) atoms. The lowest BCUT2D eigenvalue weighted by atomic mass is 9.74. The van der Waals surface area contributed by atoms with E-state index < -0.39 is 5.60 Å². The lowest BCUT2D eigenvalue weighted by Gasteiger charge is -2.44. The molecule has 0 unspecified atom stereocenters. The molecule has 3 aliphatic rings. The summed E-state index contributed by atoms with van der Waals surface area (Å²) in [6.07, 6.45) is 11.5. The van der Waals surface area contributed by atoms with E-state index in [0.29, 0.717) is 28.5 Å². The summed E-state index contributed by atoms with van der Waals surface area (Å²) in [6, 6.07) is 14.5. The van der Waals surface area contributed by atoms with E-state index in [0.717, 1.165) is 49.7 Å². The van der Waals surface area contributed by atoms with Crippen molar-refractivity contribution in [1.82, 2.24) is 34.5 Å². The van der Waals surface area contributed by atoms with E-state index in [-0.39, 0.29) is 12.1 Å². The lowest BCUT2D eigenvalue weighted by Crippen LogP contribution is -2.51. The number of allylic oxidation sites excluding steroid dienone is 1. The fraction of sp³-hybridized carbons (Fsp3) is 0.514. The molecule has 1 saturated carbocycles. The zero-order valence-electron chi connectivity index (χ0n) is 28.3. The number of aromatic nitrogens is 5. The number of hydrogen-bond donors (Lipinski definition) is 3. The fourth-order valence-corrected chi connectivity index (χ4v) is 7.97. The first kappa shape index (κ1) is 32.5. The first-order chi connectivity index (χ1) is 23.3. The van der Waals surface area contributed by atoms with Crippen LogP contribution in [-0.2, 0) is 12.1 Å². The number of piperazine rings is 1. The number of rotatable bonds is 9. The normalized spacial score (nSPS) is 21.4. The number of pyridine rings is 1. The third kappa shape index (κ3) is 6.76. The van der Waals surface area contributed by atoms with Gasteiger partial charge in [-0.05, 0) is 114 Å². The lowest BCUT2D eigenvalue weighted by molar-refractivity contribution is 0.0738. The van der Waals surface area contributed by atoms with Crippen LogP contribution in [-0.4, -0.2) is 79.6 Å². The molecule has 1 aliphatic carbocycles. The van der Waals surface area contributed by atoms with Crippen LogP contribution in [0.15, 0.2) is 66.1 Å². The number of piperidine rings is 1. The highest BCUT2D eigenvalue weighted by Crippen LogP contribution is 2.36. The SMILES string of the molecule is C=CCn1c(=O)c2cnc(Nc3ccc(N4CCN(C5CCC(C6CCNCC6)CC5)CC4)cc3)nc2n1-c1cccc(C(C)(C)O)n1. The van der Waals surface area contributed by atoms with Gasteiger partial charge in [-0.1, -0.05) is 12.1 Å². The molecule has 1 aromatic carbocycles. The Hall–Kier alpha value is -4.06. The molecule has 4 aromatic rings. The van der Waals surface area contributed by atoms with Crippen LogP contribution in [0.2, 0.25) is 0 Å². The van der Waals surface area contributed by atoms with Gasteiger partial charge in [0.05, 0.1) is 12.2 Å². The summed E-state index contributed by atoms with van der Waals surface area (Å²) in [5, 5.41) is 17.8. The molecule has 11 heteroatoms. The van der Waals surface area contributed by atoms with Crippen molar-refractivity contribution in [2.24, 2.45) is 11.8 Å². The smallest absolute Gasteiger partial charge is 0.278 e. The van der Waals surface area contributed by atoms with Crippen molar-refractivity contribution < 1.29 is 5.11 Å². The van der Waals surface area contributed by atoms with Crippen LogP contribution >= 0.6 is 0 Å². The highest BCUT2D eigenvalue weighted by Gasteiger charge is 2.32. The minimum Gasteiger partial charge on any atom is -0.384 e. The summed E-state index contributed by atoms with van der Waals surface area (Å²) in [7, 11) is 0. The Bertz CT molecular complexity index is 1770. The molecule has 11 nitrogen and oxygen atoms in total. The predicted octanol–water partition coefficient (Wildman–Crippen LogP) is 4.81. The Kier molecular flexibility index (Phi) is 9.35. The van der Waals surface area contributed by atoms with Gasteiger partial charge in [0, 0.05) is 49.8 Å². The average Bonchev–Trinajstić information content (AvgIpc) is 3.39. The minimum atomic E-state index is -1.14. The molecule has 7 rings (SSSR count). The summed E-state index contributed by atoms with van der Waals surface area (Å²) in [6.45, 7) is 14.2. The van der Waals surface area contributed by atoms with E-state index in [1.165, 1.54) is 62.0 Å². The van der Waals surface area contributed by atoms with E-state index in [4.69, 9.17) is 4.98 Å². The Labute approximate surface area is 282 Å². The molecule has 2 aliphatic heterocycles. The van der Waals surface area contributed by atoms with Gasteiger partial charge in [0.15, 0.2) is 11.5 Å². The van der Waals surface area contributed by atoms with Gasteiger partial charge in [-0.15, -0.1) is 6.58 Å². The van der Waals surface area contributed by atoms with Crippen LogP contribution in [0.5, 0.6) is 0 Å². The minimum absolute atomic E-state index is 0.235. The molecular weight excluding hydrogens is 602 g/mol. The van der Waals surface area contributed by atoms with E-state index in [1.54, 1.807) is 42.9 Å². The van der Waals surface area contributed by atoms with Gasteiger partial charge in [-0.3, -0.25) is 9.69 Å². The van der Waals surface area contributed by atoms with Crippen LogP contribution in [0, 0.1) is 11.8 Å². The molecule has 0 radical (unpaired) electrons. The Balaban J connectivity index is 1.01. The number of fused-ring (bicyclic) bond motifs is 1. The molecule has 3 aromatic heterocycles. The van der Waals surface area contributed by atoms with Crippen LogP contribution in [0.3, 0.4) is 0 Å². The van der Waals surface area contributed by atoms with Crippen molar-refractivity contribution in [2.75, 3.05) is 49.5 Å². The zero-order chi connectivity index (χ0) is 33.3. The topological polar surface area (TPSA) is 116 Å². The molecule has 2 saturated heterocycles. The van der Waals surface area contributed by atoms with Gasteiger partial charge in [0.1, 0.15) is 11.0 Å². The molecule has 254 valence electrons.